The fourth-order valence-corrected chi connectivity index (χ4v) is 4.10. The highest BCUT2D eigenvalue weighted by molar-refractivity contribution is 7.94. The third-order valence-electron chi connectivity index (χ3n) is 4.07. The Morgan fingerprint density at radius 2 is 1.81 bits per heavy atom. The van der Waals surface area contributed by atoms with Crippen molar-refractivity contribution in [2.45, 2.75) is 51.0 Å². The van der Waals surface area contributed by atoms with Crippen LogP contribution in [0.25, 0.3) is 0 Å². The number of hydrogen-bond acceptors (Lipinski definition) is 4. The summed E-state index contributed by atoms with van der Waals surface area (Å²) in [5, 5.41) is 9.57. The van der Waals surface area contributed by atoms with E-state index in [4.69, 9.17) is 0 Å². The second kappa shape index (κ2) is 2.79. The summed E-state index contributed by atoms with van der Waals surface area (Å²) < 4.78 is 23.5. The smallest absolute Gasteiger partial charge is 0.259 e. The van der Waals surface area contributed by atoms with E-state index < -0.39 is 32.3 Å². The van der Waals surface area contributed by atoms with Crippen molar-refractivity contribution in [1.82, 2.24) is 4.31 Å². The summed E-state index contributed by atoms with van der Waals surface area (Å²) in [6, 6.07) is -0.395. The van der Waals surface area contributed by atoms with Gasteiger partial charge in [-0.3, -0.25) is 4.79 Å². The molecule has 1 saturated carbocycles. The molecule has 0 aromatic rings. The van der Waals surface area contributed by atoms with Gasteiger partial charge in [0.1, 0.15) is 0 Å². The van der Waals surface area contributed by atoms with Crippen molar-refractivity contribution >= 4 is 15.9 Å². The molecule has 92 valence electrons. The first-order chi connectivity index (χ1) is 7.04. The molecule has 0 aromatic carbocycles. The second-order valence-corrected chi connectivity index (χ2v) is 8.07. The van der Waals surface area contributed by atoms with Crippen LogP contribution in [-0.2, 0) is 14.8 Å². The van der Waals surface area contributed by atoms with Gasteiger partial charge >= 0.3 is 0 Å². The lowest BCUT2D eigenvalue weighted by molar-refractivity contribution is -0.150. The van der Waals surface area contributed by atoms with Gasteiger partial charge in [0.15, 0.2) is 4.75 Å². The zero-order valence-electron chi connectivity index (χ0n) is 9.89. The van der Waals surface area contributed by atoms with Gasteiger partial charge in [0.05, 0.1) is 12.1 Å². The van der Waals surface area contributed by atoms with Gasteiger partial charge in [0, 0.05) is 5.41 Å². The van der Waals surface area contributed by atoms with E-state index in [1.165, 1.54) is 13.8 Å². The number of sulfonamides is 1. The molecule has 0 aromatic heterocycles. The molecule has 1 heterocycles. The number of hydrogen-bond donors (Lipinski definition) is 1. The molecular weight excluding hydrogens is 230 g/mol. The first-order valence-corrected chi connectivity index (χ1v) is 6.75. The molecule has 1 aliphatic heterocycles. The van der Waals surface area contributed by atoms with E-state index in [0.29, 0.717) is 6.42 Å². The zero-order chi connectivity index (χ0) is 12.5. The van der Waals surface area contributed by atoms with Gasteiger partial charge in [-0.25, -0.2) is 12.7 Å². The normalized spacial score (nSPS) is 38.8. The number of nitrogens with zero attached hydrogens (tertiary/aromatic N) is 1. The highest BCUT2D eigenvalue weighted by Gasteiger charge is 2.67. The van der Waals surface area contributed by atoms with Crippen molar-refractivity contribution in [3.05, 3.63) is 0 Å². The van der Waals surface area contributed by atoms with Crippen LogP contribution in [0.15, 0.2) is 0 Å². The fourth-order valence-electron chi connectivity index (χ4n) is 2.28. The Kier molecular flexibility index (Phi) is 2.07. The molecule has 16 heavy (non-hydrogen) atoms. The number of aliphatic hydroxyl groups is 1. The van der Waals surface area contributed by atoms with Gasteiger partial charge in [-0.2, -0.15) is 0 Å². The molecule has 2 atom stereocenters. The fraction of sp³-hybridized carbons (Fsp3) is 0.900. The molecule has 5 nitrogen and oxygen atoms in total. The summed E-state index contributed by atoms with van der Waals surface area (Å²) in [7, 11) is -3.53. The Morgan fingerprint density at radius 1 is 1.31 bits per heavy atom. The van der Waals surface area contributed by atoms with Crippen molar-refractivity contribution in [1.29, 1.82) is 0 Å². The minimum absolute atomic E-state index is 0.341. The largest absolute Gasteiger partial charge is 0.392 e. The number of rotatable bonds is 1. The Morgan fingerprint density at radius 3 is 2.12 bits per heavy atom. The SMILES string of the molecule is CC1(C)C(O)CC1N1C(=O)C(C)(C)S1(=O)=O. The number of carbonyl (C=O) groups excluding carboxylic acids is 1. The molecule has 2 rings (SSSR count). The molecule has 2 unspecified atom stereocenters. The molecule has 0 radical (unpaired) electrons. The monoisotopic (exact) mass is 247 g/mol. The lowest BCUT2D eigenvalue weighted by Crippen LogP contribution is -2.76. The van der Waals surface area contributed by atoms with E-state index in [0.717, 1.165) is 4.31 Å². The van der Waals surface area contributed by atoms with Crippen LogP contribution >= 0.6 is 0 Å². The minimum atomic E-state index is -3.53. The molecule has 2 aliphatic rings. The van der Waals surface area contributed by atoms with Crippen molar-refractivity contribution in [2.75, 3.05) is 0 Å². The van der Waals surface area contributed by atoms with Crippen molar-refractivity contribution in [3.63, 3.8) is 0 Å². The Balaban J connectivity index is 2.31. The van der Waals surface area contributed by atoms with E-state index in [-0.39, 0.29) is 5.91 Å². The average molecular weight is 247 g/mol. The van der Waals surface area contributed by atoms with Crippen LogP contribution in [0, 0.1) is 5.41 Å². The molecule has 1 aliphatic carbocycles. The summed E-state index contributed by atoms with van der Waals surface area (Å²) in [5.41, 5.74) is -0.542. The maximum atomic E-state index is 11.9. The van der Waals surface area contributed by atoms with E-state index in [1.807, 2.05) is 0 Å². The summed E-state index contributed by atoms with van der Waals surface area (Å²) >= 11 is 0. The third-order valence-corrected chi connectivity index (χ3v) is 6.47. The van der Waals surface area contributed by atoms with E-state index in [2.05, 4.69) is 0 Å². The summed E-state index contributed by atoms with van der Waals surface area (Å²) in [4.78, 5) is 11.8. The lowest BCUT2D eigenvalue weighted by atomic mass is 9.64. The van der Waals surface area contributed by atoms with Gasteiger partial charge in [-0.1, -0.05) is 13.8 Å². The molecular formula is C10H17NO4S. The zero-order valence-corrected chi connectivity index (χ0v) is 10.7. The van der Waals surface area contributed by atoms with Gasteiger partial charge in [0.25, 0.3) is 15.9 Å². The summed E-state index contributed by atoms with van der Waals surface area (Å²) in [6.45, 7) is 6.40. The van der Waals surface area contributed by atoms with E-state index in [1.54, 1.807) is 13.8 Å². The lowest BCUT2D eigenvalue weighted by Gasteiger charge is -2.58. The predicted molar refractivity (Wildman–Crippen MR) is 58.0 cm³/mol. The van der Waals surface area contributed by atoms with Crippen LogP contribution in [-0.4, -0.2) is 40.6 Å². The Labute approximate surface area is 95.5 Å². The molecule has 0 spiro atoms. The standard InChI is InChI=1S/C10H17NO4S/c1-9(2)6(5-7(9)12)11-8(13)10(3,4)16(11,14)15/h6-7,12H,5H2,1-4H3. The highest BCUT2D eigenvalue weighted by atomic mass is 32.2. The van der Waals surface area contributed by atoms with Gasteiger partial charge < -0.3 is 5.11 Å². The van der Waals surface area contributed by atoms with Gasteiger partial charge in [-0.05, 0) is 20.3 Å². The number of aliphatic hydroxyl groups excluding tert-OH is 1. The molecule has 0 bridgehead atoms. The molecule has 1 N–H and O–H groups in total. The van der Waals surface area contributed by atoms with Crippen LogP contribution in [0.2, 0.25) is 0 Å². The van der Waals surface area contributed by atoms with Crippen molar-refractivity contribution in [2.24, 2.45) is 5.41 Å². The number of amides is 1. The first-order valence-electron chi connectivity index (χ1n) is 5.31. The maximum absolute atomic E-state index is 11.9. The van der Waals surface area contributed by atoms with Gasteiger partial charge in [-0.15, -0.1) is 0 Å². The first kappa shape index (κ1) is 11.9. The quantitative estimate of drug-likeness (QED) is 0.713. The molecule has 2 fully saturated rings. The summed E-state index contributed by atoms with van der Waals surface area (Å²) in [5.74, 6) is -0.363. The second-order valence-electron chi connectivity index (χ2n) is 5.70. The third kappa shape index (κ3) is 1.04. The number of carbonyl (C=O) groups is 1. The van der Waals surface area contributed by atoms with Crippen LogP contribution in [0.1, 0.15) is 34.1 Å². The average Bonchev–Trinajstić information content (AvgIpc) is 2.16. The maximum Gasteiger partial charge on any atom is 0.259 e. The van der Waals surface area contributed by atoms with Gasteiger partial charge in [0.2, 0.25) is 0 Å². The Bertz CT molecular complexity index is 451. The van der Waals surface area contributed by atoms with Crippen LogP contribution in [0.5, 0.6) is 0 Å². The van der Waals surface area contributed by atoms with Crippen LogP contribution in [0.4, 0.5) is 0 Å². The van der Waals surface area contributed by atoms with Crippen LogP contribution in [0.3, 0.4) is 0 Å². The molecule has 1 amide bonds. The highest BCUT2D eigenvalue weighted by Crippen LogP contribution is 2.50. The predicted octanol–water partition coefficient (Wildman–Crippen LogP) is 0.0964. The van der Waals surface area contributed by atoms with E-state index >= 15 is 0 Å². The topological polar surface area (TPSA) is 74.7 Å². The van der Waals surface area contributed by atoms with Crippen molar-refractivity contribution in [3.8, 4) is 0 Å². The molecule has 1 saturated heterocycles. The van der Waals surface area contributed by atoms with Crippen molar-refractivity contribution < 1.29 is 18.3 Å². The molecule has 6 heteroatoms. The van der Waals surface area contributed by atoms with Crippen LogP contribution < -0.4 is 0 Å². The Hall–Kier alpha value is -0.620. The minimum Gasteiger partial charge on any atom is -0.392 e. The van der Waals surface area contributed by atoms with E-state index in [9.17, 15) is 18.3 Å². The summed E-state index contributed by atoms with van der Waals surface area (Å²) in [6.07, 6.45) is -0.196.